The van der Waals surface area contributed by atoms with Gasteiger partial charge in [0.05, 0.1) is 11.4 Å². The normalized spacial score (nSPS) is 13.5. The Bertz CT molecular complexity index is 630. The fraction of sp³-hybridized carbons (Fsp3) is 0.250. The van der Waals surface area contributed by atoms with E-state index in [1.165, 1.54) is 5.56 Å². The van der Waals surface area contributed by atoms with E-state index in [-0.39, 0.29) is 0 Å². The van der Waals surface area contributed by atoms with Crippen LogP contribution in [-0.4, -0.2) is 31.3 Å². The minimum Gasteiger partial charge on any atom is -0.309 e. The summed E-state index contributed by atoms with van der Waals surface area (Å²) in [6, 6.07) is 20.3. The van der Waals surface area contributed by atoms with Gasteiger partial charge in [-0.2, -0.15) is 5.10 Å². The number of nitrogens with one attached hydrogen (secondary N) is 1. The van der Waals surface area contributed by atoms with Gasteiger partial charge in [-0.05, 0) is 37.9 Å². The Kier molecular flexibility index (Phi) is 6.57. The Hall–Kier alpha value is -2.39. The van der Waals surface area contributed by atoms with E-state index < -0.39 is 0 Å². The minimum atomic E-state index is 0.334. The summed E-state index contributed by atoms with van der Waals surface area (Å²) in [5.74, 6) is 0.334. The van der Waals surface area contributed by atoms with Crippen LogP contribution in [0, 0.1) is 5.92 Å². The highest BCUT2D eigenvalue weighted by Crippen LogP contribution is 2.09. The van der Waals surface area contributed by atoms with Gasteiger partial charge >= 0.3 is 0 Å². The lowest BCUT2D eigenvalue weighted by Gasteiger charge is -2.17. The van der Waals surface area contributed by atoms with Gasteiger partial charge in [0, 0.05) is 12.5 Å². The van der Waals surface area contributed by atoms with Crippen LogP contribution in [0.1, 0.15) is 12.5 Å². The Morgan fingerprint density at radius 3 is 2.26 bits per heavy atom. The van der Waals surface area contributed by atoms with Crippen LogP contribution in [0.25, 0.3) is 6.08 Å². The summed E-state index contributed by atoms with van der Waals surface area (Å²) in [6.45, 7) is 3.15. The summed E-state index contributed by atoms with van der Waals surface area (Å²) in [7, 11) is 4.17. The Labute approximate surface area is 139 Å². The first-order valence-corrected chi connectivity index (χ1v) is 7.91. The molecule has 23 heavy (non-hydrogen) atoms. The number of allylic oxidation sites excluding steroid dienone is 1. The summed E-state index contributed by atoms with van der Waals surface area (Å²) in [5, 5.41) is 4.62. The number of rotatable bonds is 7. The van der Waals surface area contributed by atoms with Crippen LogP contribution in [-0.2, 0) is 0 Å². The van der Waals surface area contributed by atoms with Crippen molar-refractivity contribution >= 4 is 17.5 Å². The Morgan fingerprint density at radius 1 is 1.04 bits per heavy atom. The van der Waals surface area contributed by atoms with Crippen molar-refractivity contribution in [2.75, 3.05) is 26.1 Å². The number of hydrazone groups is 1. The predicted octanol–water partition coefficient (Wildman–Crippen LogP) is 4.37. The summed E-state index contributed by atoms with van der Waals surface area (Å²) in [6.07, 6.45) is 4.21. The van der Waals surface area contributed by atoms with E-state index in [4.69, 9.17) is 0 Å². The molecule has 1 N–H and O–H groups in total. The third-order valence-corrected chi connectivity index (χ3v) is 3.48. The van der Waals surface area contributed by atoms with Crippen molar-refractivity contribution in [1.29, 1.82) is 0 Å². The van der Waals surface area contributed by atoms with E-state index in [0.29, 0.717) is 5.92 Å². The van der Waals surface area contributed by atoms with Gasteiger partial charge in [-0.1, -0.05) is 61.5 Å². The average molecular weight is 307 g/mol. The maximum absolute atomic E-state index is 4.62. The third-order valence-electron chi connectivity index (χ3n) is 3.48. The van der Waals surface area contributed by atoms with Gasteiger partial charge < -0.3 is 4.90 Å². The standard InChI is InChI=1S/C20H25N3/c1-17(16-23(2)3)20(15-14-18-10-6-4-7-11-18)22-21-19-12-8-5-9-13-19/h4-15,17,21H,16H2,1-3H3/b15-14-,22-20+/t17-/m0/s1. The van der Waals surface area contributed by atoms with E-state index in [1.54, 1.807) is 0 Å². The van der Waals surface area contributed by atoms with Crippen LogP contribution in [0.15, 0.2) is 71.8 Å². The molecule has 2 rings (SSSR count). The number of nitrogens with zero attached hydrogens (tertiary/aromatic N) is 2. The first-order valence-electron chi connectivity index (χ1n) is 7.91. The predicted molar refractivity (Wildman–Crippen MR) is 101 cm³/mol. The lowest BCUT2D eigenvalue weighted by molar-refractivity contribution is 0.381. The molecule has 3 heteroatoms. The van der Waals surface area contributed by atoms with Crippen molar-refractivity contribution in [3.05, 3.63) is 72.3 Å². The van der Waals surface area contributed by atoms with Crippen molar-refractivity contribution in [1.82, 2.24) is 4.90 Å². The van der Waals surface area contributed by atoms with Gasteiger partial charge in [-0.15, -0.1) is 0 Å². The molecule has 0 saturated heterocycles. The molecule has 0 aliphatic carbocycles. The van der Waals surface area contributed by atoms with Crippen molar-refractivity contribution in [2.45, 2.75) is 6.92 Å². The molecule has 1 atom stereocenters. The first kappa shape index (κ1) is 17.0. The highest BCUT2D eigenvalue weighted by Gasteiger charge is 2.09. The van der Waals surface area contributed by atoms with Crippen LogP contribution >= 0.6 is 0 Å². The Balaban J connectivity index is 2.15. The summed E-state index contributed by atoms with van der Waals surface area (Å²) in [4.78, 5) is 2.18. The van der Waals surface area contributed by atoms with Crippen LogP contribution in [0.2, 0.25) is 0 Å². The fourth-order valence-electron chi connectivity index (χ4n) is 2.34. The van der Waals surface area contributed by atoms with E-state index in [1.807, 2.05) is 48.5 Å². The lowest BCUT2D eigenvalue weighted by Crippen LogP contribution is -2.25. The number of hydrogen-bond donors (Lipinski definition) is 1. The molecule has 0 aliphatic rings. The zero-order chi connectivity index (χ0) is 16.5. The van der Waals surface area contributed by atoms with E-state index in [2.05, 4.69) is 60.7 Å². The number of hydrogen-bond acceptors (Lipinski definition) is 3. The smallest absolute Gasteiger partial charge is 0.0648 e. The molecule has 0 aromatic heterocycles. The van der Waals surface area contributed by atoms with E-state index in [9.17, 15) is 0 Å². The van der Waals surface area contributed by atoms with Gasteiger partial charge in [-0.25, -0.2) is 0 Å². The second kappa shape index (κ2) is 8.91. The van der Waals surface area contributed by atoms with Gasteiger partial charge in [0.15, 0.2) is 0 Å². The average Bonchev–Trinajstić information content (AvgIpc) is 2.56. The largest absolute Gasteiger partial charge is 0.309 e. The van der Waals surface area contributed by atoms with E-state index >= 15 is 0 Å². The monoisotopic (exact) mass is 307 g/mol. The van der Waals surface area contributed by atoms with Crippen LogP contribution in [0.5, 0.6) is 0 Å². The number of benzene rings is 2. The molecule has 0 bridgehead atoms. The number of anilines is 1. The molecule has 120 valence electrons. The van der Waals surface area contributed by atoms with Crippen molar-refractivity contribution < 1.29 is 0 Å². The fourth-order valence-corrected chi connectivity index (χ4v) is 2.34. The van der Waals surface area contributed by atoms with Crippen LogP contribution in [0.4, 0.5) is 5.69 Å². The van der Waals surface area contributed by atoms with Gasteiger partial charge in [0.2, 0.25) is 0 Å². The molecule has 0 spiro atoms. The lowest BCUT2D eigenvalue weighted by atomic mass is 10.0. The SMILES string of the molecule is C[C@@H](CN(C)C)C(/C=C\c1ccccc1)=N/Nc1ccccc1. The molecule has 2 aromatic rings. The molecule has 0 fully saturated rings. The van der Waals surface area contributed by atoms with Crippen LogP contribution in [0.3, 0.4) is 0 Å². The molecule has 2 aromatic carbocycles. The summed E-state index contributed by atoms with van der Waals surface area (Å²) >= 11 is 0. The molecule has 0 unspecified atom stereocenters. The third kappa shape index (κ3) is 6.09. The zero-order valence-electron chi connectivity index (χ0n) is 14.1. The highest BCUT2D eigenvalue weighted by atomic mass is 15.3. The number of para-hydroxylation sites is 1. The van der Waals surface area contributed by atoms with Crippen LogP contribution < -0.4 is 5.43 Å². The first-order chi connectivity index (χ1) is 11.1. The van der Waals surface area contributed by atoms with Gasteiger partial charge in [0.1, 0.15) is 0 Å². The maximum atomic E-state index is 4.62. The molecule has 0 aliphatic heterocycles. The molecule has 0 saturated carbocycles. The summed E-state index contributed by atoms with van der Waals surface area (Å²) < 4.78 is 0. The van der Waals surface area contributed by atoms with Crippen molar-refractivity contribution in [3.8, 4) is 0 Å². The molecular weight excluding hydrogens is 282 g/mol. The maximum Gasteiger partial charge on any atom is 0.0648 e. The Morgan fingerprint density at radius 2 is 1.65 bits per heavy atom. The second-order valence-electron chi connectivity index (χ2n) is 5.92. The topological polar surface area (TPSA) is 27.6 Å². The molecule has 0 radical (unpaired) electrons. The zero-order valence-corrected chi connectivity index (χ0v) is 14.1. The van der Waals surface area contributed by atoms with E-state index in [0.717, 1.165) is 17.9 Å². The molecular formula is C20H25N3. The summed E-state index contributed by atoms with van der Waals surface area (Å²) in [5.41, 5.74) is 6.36. The molecule has 3 nitrogen and oxygen atoms in total. The van der Waals surface area contributed by atoms with Crippen molar-refractivity contribution in [2.24, 2.45) is 11.0 Å². The van der Waals surface area contributed by atoms with Gasteiger partial charge in [0.25, 0.3) is 0 Å². The quantitative estimate of drug-likeness (QED) is 0.608. The van der Waals surface area contributed by atoms with Gasteiger partial charge in [-0.3, -0.25) is 5.43 Å². The second-order valence-corrected chi connectivity index (χ2v) is 5.92. The van der Waals surface area contributed by atoms with Crippen molar-refractivity contribution in [3.63, 3.8) is 0 Å². The molecule has 0 heterocycles. The highest BCUT2D eigenvalue weighted by molar-refractivity contribution is 6.00. The molecule has 0 amide bonds. The minimum absolute atomic E-state index is 0.334.